The van der Waals surface area contributed by atoms with Crippen LogP contribution in [0.15, 0.2) is 0 Å². The molecule has 0 aromatic carbocycles. The number of carboxylic acids is 4. The predicted molar refractivity (Wildman–Crippen MR) is 99.0 cm³/mol. The fourth-order valence-corrected chi connectivity index (χ4v) is 3.02. The molecule has 3 heterocycles. The van der Waals surface area contributed by atoms with E-state index in [2.05, 4.69) is 10.2 Å². The molecule has 0 aliphatic carbocycles. The zero-order valence-electron chi connectivity index (χ0n) is 17.0. The molecular formula is C17H27N3O10. The van der Waals surface area contributed by atoms with Crippen LogP contribution >= 0.6 is 0 Å². The lowest BCUT2D eigenvalue weighted by Crippen LogP contribution is -2.77. The molecule has 3 saturated heterocycles. The van der Waals surface area contributed by atoms with Crippen molar-refractivity contribution in [3.8, 4) is 0 Å². The number of nitrogens with zero attached hydrogens (tertiary/aromatic N) is 2. The molecule has 170 valence electrons. The van der Waals surface area contributed by atoms with E-state index in [1.807, 2.05) is 25.7 Å². The summed E-state index contributed by atoms with van der Waals surface area (Å²) in [6.07, 6.45) is -0.156. The Bertz CT molecular complexity index is 636. The van der Waals surface area contributed by atoms with Crippen molar-refractivity contribution in [1.82, 2.24) is 15.1 Å². The Balaban J connectivity index is 0.000000312. The van der Waals surface area contributed by atoms with Crippen molar-refractivity contribution < 1.29 is 49.1 Å². The highest BCUT2D eigenvalue weighted by atomic mass is 16.6. The minimum Gasteiger partial charge on any atom is -0.473 e. The number of rotatable bonds is 1. The molecule has 0 aromatic rings. The van der Waals surface area contributed by atoms with Crippen molar-refractivity contribution in [2.75, 3.05) is 39.3 Å². The molecule has 30 heavy (non-hydrogen) atoms. The average molecular weight is 433 g/mol. The van der Waals surface area contributed by atoms with Crippen molar-refractivity contribution >= 4 is 30.0 Å². The zero-order valence-corrected chi connectivity index (χ0v) is 17.0. The Kier molecular flexibility index (Phi) is 8.13. The monoisotopic (exact) mass is 433 g/mol. The molecule has 13 nitrogen and oxygen atoms in total. The molecule has 0 bridgehead atoms. The largest absolute Gasteiger partial charge is 0.473 e. The van der Waals surface area contributed by atoms with Gasteiger partial charge in [0.1, 0.15) is 5.60 Å². The molecule has 3 aliphatic rings. The van der Waals surface area contributed by atoms with Crippen LogP contribution in [-0.2, 0) is 23.9 Å². The summed E-state index contributed by atoms with van der Waals surface area (Å²) >= 11 is 0. The number of carbonyl (C=O) groups excluding carboxylic acids is 1. The number of likely N-dealkylation sites (tertiary alicyclic amines) is 2. The van der Waals surface area contributed by atoms with Crippen molar-refractivity contribution in [3.05, 3.63) is 0 Å². The van der Waals surface area contributed by atoms with Crippen LogP contribution in [0.5, 0.6) is 0 Å². The zero-order chi connectivity index (χ0) is 23.3. The van der Waals surface area contributed by atoms with Crippen molar-refractivity contribution in [1.29, 1.82) is 0 Å². The van der Waals surface area contributed by atoms with E-state index in [1.165, 1.54) is 0 Å². The van der Waals surface area contributed by atoms with E-state index in [9.17, 15) is 4.79 Å². The van der Waals surface area contributed by atoms with E-state index in [4.69, 9.17) is 44.3 Å². The second-order valence-corrected chi connectivity index (χ2v) is 8.27. The highest BCUT2D eigenvalue weighted by Gasteiger charge is 2.55. The third-order valence-electron chi connectivity index (χ3n) is 4.42. The summed E-state index contributed by atoms with van der Waals surface area (Å²) in [6, 6.07) is 0.742. The number of carboxylic acid groups (broad SMARTS) is 4. The standard InChI is InChI=1S/C13H23N3O2.2C2H2O4/c1-12(2,3)18-11(17)16-8-13(9-16)6-15(7-13)10-4-14-5-10;2*3-1(4)2(5)6/h10,14H,4-9H2,1-3H3;2*(H,3,4)(H,5,6). The predicted octanol–water partition coefficient (Wildman–Crippen LogP) is -1.18. The van der Waals surface area contributed by atoms with Crippen LogP contribution in [-0.4, -0.2) is 111 Å². The van der Waals surface area contributed by atoms with E-state index in [1.54, 1.807) is 0 Å². The van der Waals surface area contributed by atoms with Gasteiger partial charge in [0.15, 0.2) is 0 Å². The number of hydrogen-bond acceptors (Lipinski definition) is 8. The Morgan fingerprint density at radius 3 is 1.50 bits per heavy atom. The molecule has 0 unspecified atom stereocenters. The van der Waals surface area contributed by atoms with E-state index in [-0.39, 0.29) is 11.7 Å². The third kappa shape index (κ3) is 7.48. The van der Waals surface area contributed by atoms with Gasteiger partial charge >= 0.3 is 30.0 Å². The number of ether oxygens (including phenoxy) is 1. The molecule has 1 spiro atoms. The first-order valence-corrected chi connectivity index (χ1v) is 9.01. The van der Waals surface area contributed by atoms with Crippen LogP contribution < -0.4 is 5.32 Å². The number of nitrogens with one attached hydrogen (secondary N) is 1. The Morgan fingerprint density at radius 1 is 0.833 bits per heavy atom. The molecule has 0 aromatic heterocycles. The maximum atomic E-state index is 11.8. The van der Waals surface area contributed by atoms with Gasteiger partial charge < -0.3 is 35.4 Å². The first kappa shape index (κ1) is 25.1. The van der Waals surface area contributed by atoms with Crippen molar-refractivity contribution in [2.45, 2.75) is 32.4 Å². The molecule has 0 saturated carbocycles. The van der Waals surface area contributed by atoms with Crippen LogP contribution in [0.25, 0.3) is 0 Å². The van der Waals surface area contributed by atoms with Gasteiger partial charge in [-0.1, -0.05) is 0 Å². The van der Waals surface area contributed by atoms with Gasteiger partial charge in [-0.05, 0) is 20.8 Å². The van der Waals surface area contributed by atoms with Gasteiger partial charge in [0, 0.05) is 50.7 Å². The molecule has 3 rings (SSSR count). The van der Waals surface area contributed by atoms with Crippen LogP contribution in [0.2, 0.25) is 0 Å². The van der Waals surface area contributed by atoms with Crippen LogP contribution in [0.3, 0.4) is 0 Å². The van der Waals surface area contributed by atoms with Gasteiger partial charge in [-0.25, -0.2) is 24.0 Å². The fourth-order valence-electron chi connectivity index (χ4n) is 3.02. The number of aliphatic carboxylic acids is 4. The number of carbonyl (C=O) groups is 5. The van der Waals surface area contributed by atoms with Gasteiger partial charge in [-0.3, -0.25) is 4.90 Å². The van der Waals surface area contributed by atoms with Gasteiger partial charge in [0.05, 0.1) is 0 Å². The lowest BCUT2D eigenvalue weighted by molar-refractivity contribution is -0.159. The summed E-state index contributed by atoms with van der Waals surface area (Å²) in [4.78, 5) is 52.6. The Morgan fingerprint density at radius 2 is 1.23 bits per heavy atom. The Labute approximate surface area is 172 Å². The highest BCUT2D eigenvalue weighted by molar-refractivity contribution is 6.27. The fraction of sp³-hybridized carbons (Fsp3) is 0.706. The quantitative estimate of drug-likeness (QED) is 0.311. The topological polar surface area (TPSA) is 194 Å². The summed E-state index contributed by atoms with van der Waals surface area (Å²) in [6.45, 7) is 12.0. The molecule has 3 fully saturated rings. The first-order valence-electron chi connectivity index (χ1n) is 9.01. The second-order valence-electron chi connectivity index (χ2n) is 8.27. The minimum atomic E-state index is -1.82. The smallest absolute Gasteiger partial charge is 0.414 e. The summed E-state index contributed by atoms with van der Waals surface area (Å²) < 4.78 is 5.37. The SMILES string of the molecule is CC(C)(C)OC(=O)N1CC2(C1)CN(C1CNC1)C2.O=C(O)C(=O)O.O=C(O)C(=O)O. The van der Waals surface area contributed by atoms with Crippen molar-refractivity contribution in [2.24, 2.45) is 5.41 Å². The maximum absolute atomic E-state index is 11.8. The average Bonchev–Trinajstić information content (AvgIpc) is 2.45. The van der Waals surface area contributed by atoms with E-state index in [0.717, 1.165) is 45.3 Å². The summed E-state index contributed by atoms with van der Waals surface area (Å²) in [5.41, 5.74) is -0.00439. The normalized spacial score (nSPS) is 19.4. The number of hydrogen-bond donors (Lipinski definition) is 5. The first-order chi connectivity index (χ1) is 13.7. The van der Waals surface area contributed by atoms with Gasteiger partial charge in [-0.15, -0.1) is 0 Å². The van der Waals surface area contributed by atoms with Gasteiger partial charge in [-0.2, -0.15) is 0 Å². The highest BCUT2D eigenvalue weighted by Crippen LogP contribution is 2.41. The van der Waals surface area contributed by atoms with Gasteiger partial charge in [0.2, 0.25) is 0 Å². The van der Waals surface area contributed by atoms with E-state index < -0.39 is 23.9 Å². The molecular weight excluding hydrogens is 406 g/mol. The third-order valence-corrected chi connectivity index (χ3v) is 4.42. The minimum absolute atomic E-state index is 0.156. The number of amides is 1. The molecule has 0 radical (unpaired) electrons. The van der Waals surface area contributed by atoms with Gasteiger partial charge in [0.25, 0.3) is 0 Å². The molecule has 5 N–H and O–H groups in total. The van der Waals surface area contributed by atoms with E-state index in [0.29, 0.717) is 5.41 Å². The molecule has 13 heteroatoms. The maximum Gasteiger partial charge on any atom is 0.414 e. The van der Waals surface area contributed by atoms with Crippen molar-refractivity contribution in [3.63, 3.8) is 0 Å². The summed E-state index contributed by atoms with van der Waals surface area (Å²) in [5.74, 6) is -7.30. The van der Waals surface area contributed by atoms with Crippen LogP contribution in [0.1, 0.15) is 20.8 Å². The summed E-state index contributed by atoms with van der Waals surface area (Å²) in [5, 5.41) is 32.9. The second kappa shape index (κ2) is 9.71. The Hall–Kier alpha value is -2.93. The van der Waals surface area contributed by atoms with Crippen LogP contribution in [0.4, 0.5) is 4.79 Å². The molecule has 3 aliphatic heterocycles. The lowest BCUT2D eigenvalue weighted by atomic mass is 9.72. The summed E-state index contributed by atoms with van der Waals surface area (Å²) in [7, 11) is 0. The van der Waals surface area contributed by atoms with E-state index >= 15 is 0 Å². The van der Waals surface area contributed by atoms with Crippen LogP contribution in [0, 0.1) is 5.41 Å². The molecule has 0 atom stereocenters. The molecule has 1 amide bonds. The lowest BCUT2D eigenvalue weighted by Gasteiger charge is -2.62.